The average molecular weight is 179 g/mol. The van der Waals surface area contributed by atoms with Gasteiger partial charge in [0.25, 0.3) is 0 Å². The molecule has 0 saturated heterocycles. The number of aliphatic hydroxyl groups excluding tert-OH is 1. The van der Waals surface area contributed by atoms with Crippen molar-refractivity contribution >= 4 is 0 Å². The minimum absolute atomic E-state index is 0.207. The number of terminal acetylenes is 1. The molecular formula is C11H17NO. The van der Waals surface area contributed by atoms with Crippen LogP contribution in [0.1, 0.15) is 25.7 Å². The Kier molecular flexibility index (Phi) is 8.07. The molecule has 2 heteroatoms. The average Bonchev–Trinajstić information content (AvgIpc) is 2.14. The molecule has 0 atom stereocenters. The summed E-state index contributed by atoms with van der Waals surface area (Å²) in [5, 5.41) is 8.48. The van der Waals surface area contributed by atoms with E-state index < -0.39 is 0 Å². The molecule has 3 N–H and O–H groups in total. The highest BCUT2D eigenvalue weighted by atomic mass is 16.2. The Balaban J connectivity index is 3.47. The fourth-order valence-electron chi connectivity index (χ4n) is 0.852. The van der Waals surface area contributed by atoms with Gasteiger partial charge < -0.3 is 10.8 Å². The summed E-state index contributed by atoms with van der Waals surface area (Å²) in [4.78, 5) is 0. The van der Waals surface area contributed by atoms with Crippen LogP contribution in [0.25, 0.3) is 0 Å². The SMILES string of the molecule is C#CC/C=C(/N)CC/C=C\CCO. The van der Waals surface area contributed by atoms with Crippen molar-refractivity contribution in [2.24, 2.45) is 5.73 Å². The first-order chi connectivity index (χ1) is 6.31. The van der Waals surface area contributed by atoms with E-state index in [1.807, 2.05) is 18.2 Å². The highest BCUT2D eigenvalue weighted by molar-refractivity contribution is 5.04. The van der Waals surface area contributed by atoms with Gasteiger partial charge in [0.2, 0.25) is 0 Å². The van der Waals surface area contributed by atoms with Gasteiger partial charge in [0.05, 0.1) is 0 Å². The van der Waals surface area contributed by atoms with Crippen LogP contribution in [0.15, 0.2) is 23.9 Å². The van der Waals surface area contributed by atoms with Gasteiger partial charge in [-0.25, -0.2) is 0 Å². The number of hydrogen-bond donors (Lipinski definition) is 2. The van der Waals surface area contributed by atoms with Crippen LogP contribution in [0, 0.1) is 12.3 Å². The number of allylic oxidation sites excluding steroid dienone is 3. The van der Waals surface area contributed by atoms with Gasteiger partial charge in [-0.15, -0.1) is 12.3 Å². The maximum Gasteiger partial charge on any atom is 0.0465 e. The maximum absolute atomic E-state index is 8.48. The van der Waals surface area contributed by atoms with Gasteiger partial charge in [0, 0.05) is 18.7 Å². The zero-order valence-electron chi connectivity index (χ0n) is 7.87. The summed E-state index contributed by atoms with van der Waals surface area (Å²) in [5.74, 6) is 2.50. The molecule has 0 aromatic rings. The van der Waals surface area contributed by atoms with Crippen molar-refractivity contribution < 1.29 is 5.11 Å². The summed E-state index contributed by atoms with van der Waals surface area (Å²) in [6, 6.07) is 0. The molecule has 0 rings (SSSR count). The molecule has 0 bridgehead atoms. The fraction of sp³-hybridized carbons (Fsp3) is 0.455. The van der Waals surface area contributed by atoms with Crippen LogP contribution < -0.4 is 5.73 Å². The van der Waals surface area contributed by atoms with Gasteiger partial charge >= 0.3 is 0 Å². The van der Waals surface area contributed by atoms with Crippen LogP contribution in [-0.4, -0.2) is 11.7 Å². The summed E-state index contributed by atoms with van der Waals surface area (Å²) in [5.41, 5.74) is 6.50. The Labute approximate surface area is 80.1 Å². The van der Waals surface area contributed by atoms with E-state index in [1.54, 1.807) is 0 Å². The van der Waals surface area contributed by atoms with Crippen molar-refractivity contribution in [2.75, 3.05) is 6.61 Å². The van der Waals surface area contributed by atoms with E-state index in [2.05, 4.69) is 5.92 Å². The minimum Gasteiger partial charge on any atom is -0.402 e. The predicted octanol–water partition coefficient (Wildman–Crippen LogP) is 1.57. The van der Waals surface area contributed by atoms with Crippen molar-refractivity contribution in [3.8, 4) is 12.3 Å². The third-order valence-electron chi connectivity index (χ3n) is 1.54. The van der Waals surface area contributed by atoms with E-state index in [0.29, 0.717) is 12.8 Å². The van der Waals surface area contributed by atoms with Gasteiger partial charge in [0.1, 0.15) is 0 Å². The van der Waals surface area contributed by atoms with E-state index in [9.17, 15) is 0 Å². The molecule has 0 spiro atoms. The van der Waals surface area contributed by atoms with Crippen molar-refractivity contribution in [1.82, 2.24) is 0 Å². The fourth-order valence-corrected chi connectivity index (χ4v) is 0.852. The molecule has 0 heterocycles. The Morgan fingerprint density at radius 3 is 2.69 bits per heavy atom. The lowest BCUT2D eigenvalue weighted by Gasteiger charge is -1.96. The van der Waals surface area contributed by atoms with E-state index >= 15 is 0 Å². The second-order valence-corrected chi connectivity index (χ2v) is 2.71. The van der Waals surface area contributed by atoms with Gasteiger partial charge in [0.15, 0.2) is 0 Å². The molecule has 0 radical (unpaired) electrons. The van der Waals surface area contributed by atoms with Crippen LogP contribution in [0.2, 0.25) is 0 Å². The summed E-state index contributed by atoms with van der Waals surface area (Å²) < 4.78 is 0. The highest BCUT2D eigenvalue weighted by Crippen LogP contribution is 2.00. The van der Waals surface area contributed by atoms with E-state index in [-0.39, 0.29) is 6.61 Å². The molecule has 0 saturated carbocycles. The second kappa shape index (κ2) is 8.89. The summed E-state index contributed by atoms with van der Waals surface area (Å²) in [7, 11) is 0. The molecule has 13 heavy (non-hydrogen) atoms. The Hall–Kier alpha value is -1.20. The van der Waals surface area contributed by atoms with Gasteiger partial charge in [-0.3, -0.25) is 0 Å². The topological polar surface area (TPSA) is 46.2 Å². The normalized spacial score (nSPS) is 11.8. The second-order valence-electron chi connectivity index (χ2n) is 2.71. The molecule has 0 unspecified atom stereocenters. The van der Waals surface area contributed by atoms with Crippen molar-refractivity contribution in [2.45, 2.75) is 25.7 Å². The number of hydrogen-bond acceptors (Lipinski definition) is 2. The van der Waals surface area contributed by atoms with Crippen molar-refractivity contribution in [1.29, 1.82) is 0 Å². The van der Waals surface area contributed by atoms with Crippen molar-refractivity contribution in [3.63, 3.8) is 0 Å². The Morgan fingerprint density at radius 2 is 2.08 bits per heavy atom. The number of aliphatic hydroxyl groups is 1. The zero-order valence-corrected chi connectivity index (χ0v) is 7.87. The summed E-state index contributed by atoms with van der Waals surface area (Å²) >= 11 is 0. The maximum atomic E-state index is 8.48. The number of rotatable bonds is 6. The van der Waals surface area contributed by atoms with Crippen LogP contribution in [0.3, 0.4) is 0 Å². The largest absolute Gasteiger partial charge is 0.402 e. The summed E-state index contributed by atoms with van der Waals surface area (Å²) in [6.45, 7) is 0.207. The minimum atomic E-state index is 0.207. The summed E-state index contributed by atoms with van der Waals surface area (Å²) in [6.07, 6.45) is 14.0. The van der Waals surface area contributed by atoms with Crippen LogP contribution in [-0.2, 0) is 0 Å². The molecule has 0 aliphatic carbocycles. The molecule has 0 amide bonds. The monoisotopic (exact) mass is 179 g/mol. The molecule has 0 fully saturated rings. The first-order valence-corrected chi connectivity index (χ1v) is 4.45. The molecule has 72 valence electrons. The predicted molar refractivity (Wildman–Crippen MR) is 55.8 cm³/mol. The first-order valence-electron chi connectivity index (χ1n) is 4.45. The van der Waals surface area contributed by atoms with Gasteiger partial charge in [-0.05, 0) is 19.3 Å². The van der Waals surface area contributed by atoms with Crippen molar-refractivity contribution in [3.05, 3.63) is 23.9 Å². The molecule has 0 aliphatic heterocycles. The molecule has 0 aromatic carbocycles. The molecule has 2 nitrogen and oxygen atoms in total. The molecule has 0 aliphatic rings. The molecular weight excluding hydrogens is 162 g/mol. The lowest BCUT2D eigenvalue weighted by Crippen LogP contribution is -1.95. The van der Waals surface area contributed by atoms with Gasteiger partial charge in [-0.2, -0.15) is 0 Å². The number of nitrogens with two attached hydrogens (primary N) is 1. The standard InChI is InChI=1S/C11H17NO/c1-2-3-8-11(12)9-6-4-5-7-10-13/h1,4-5,8,13H,3,6-7,9-10,12H2/b5-4-,11-8+. The van der Waals surface area contributed by atoms with Gasteiger partial charge in [-0.1, -0.05) is 18.2 Å². The zero-order chi connectivity index (χ0) is 9.94. The van der Waals surface area contributed by atoms with E-state index in [0.717, 1.165) is 18.5 Å². The first kappa shape index (κ1) is 11.8. The molecule has 0 aromatic heterocycles. The third-order valence-corrected chi connectivity index (χ3v) is 1.54. The smallest absolute Gasteiger partial charge is 0.0465 e. The Morgan fingerprint density at radius 1 is 1.38 bits per heavy atom. The quantitative estimate of drug-likeness (QED) is 0.480. The lowest BCUT2D eigenvalue weighted by molar-refractivity contribution is 0.302. The van der Waals surface area contributed by atoms with Crippen LogP contribution in [0.5, 0.6) is 0 Å². The van der Waals surface area contributed by atoms with E-state index in [4.69, 9.17) is 17.3 Å². The lowest BCUT2D eigenvalue weighted by atomic mass is 10.2. The van der Waals surface area contributed by atoms with E-state index in [1.165, 1.54) is 0 Å². The third kappa shape index (κ3) is 8.71. The van der Waals surface area contributed by atoms with Crippen LogP contribution in [0.4, 0.5) is 0 Å². The van der Waals surface area contributed by atoms with Crippen LogP contribution >= 0.6 is 0 Å². The Bertz CT molecular complexity index is 211. The highest BCUT2D eigenvalue weighted by Gasteiger charge is 1.86.